The summed E-state index contributed by atoms with van der Waals surface area (Å²) in [5, 5.41) is 10.9. The summed E-state index contributed by atoms with van der Waals surface area (Å²) >= 11 is 0. The maximum Gasteiger partial charge on any atom is 0.272 e. The highest BCUT2D eigenvalue weighted by Crippen LogP contribution is 2.33. The van der Waals surface area contributed by atoms with Gasteiger partial charge in [-0.15, -0.1) is 0 Å². The zero-order chi connectivity index (χ0) is 16.3. The molecule has 2 aromatic rings. The number of hydrogen-bond acceptors (Lipinski definition) is 4. The van der Waals surface area contributed by atoms with Crippen molar-refractivity contribution in [3.63, 3.8) is 0 Å². The van der Waals surface area contributed by atoms with Crippen molar-refractivity contribution in [2.75, 3.05) is 20.2 Å². The smallest absolute Gasteiger partial charge is 0.272 e. The fraction of sp³-hybridized carbons (Fsp3) is 0.333. The summed E-state index contributed by atoms with van der Waals surface area (Å²) in [5.74, 6) is 0.683. The van der Waals surface area contributed by atoms with Crippen LogP contribution in [-0.4, -0.2) is 41.1 Å². The third-order valence-electron chi connectivity index (χ3n) is 4.39. The number of carbonyl (C=O) groups excluding carboxylic acids is 1. The van der Waals surface area contributed by atoms with Crippen LogP contribution in [0.5, 0.6) is 5.75 Å². The number of benzene rings is 1. The van der Waals surface area contributed by atoms with Gasteiger partial charge in [-0.05, 0) is 42.7 Å². The molecule has 0 radical (unpaired) electrons. The summed E-state index contributed by atoms with van der Waals surface area (Å²) in [6.45, 7) is 1.02. The van der Waals surface area contributed by atoms with Gasteiger partial charge in [-0.3, -0.25) is 9.78 Å². The molecule has 3 rings (SSSR count). The molecule has 5 nitrogen and oxygen atoms in total. The minimum absolute atomic E-state index is 0.0811. The Morgan fingerprint density at radius 1 is 1.17 bits per heavy atom. The monoisotopic (exact) mass is 312 g/mol. The van der Waals surface area contributed by atoms with Crippen molar-refractivity contribution in [3.05, 3.63) is 59.9 Å². The number of piperidine rings is 1. The van der Waals surface area contributed by atoms with Gasteiger partial charge in [0.05, 0.1) is 12.7 Å². The first-order valence-corrected chi connectivity index (χ1v) is 7.70. The largest absolute Gasteiger partial charge is 0.497 e. The number of amides is 1. The van der Waals surface area contributed by atoms with Gasteiger partial charge in [0.2, 0.25) is 0 Å². The van der Waals surface area contributed by atoms with Crippen LogP contribution in [0.2, 0.25) is 0 Å². The summed E-state index contributed by atoms with van der Waals surface area (Å²) in [5.41, 5.74) is 0.415. The molecule has 0 unspecified atom stereocenters. The molecule has 1 aromatic heterocycles. The number of carbonyl (C=O) groups is 1. The van der Waals surface area contributed by atoms with Crippen LogP contribution in [0.25, 0.3) is 0 Å². The van der Waals surface area contributed by atoms with E-state index in [0.717, 1.165) is 11.3 Å². The summed E-state index contributed by atoms with van der Waals surface area (Å²) in [7, 11) is 1.62. The van der Waals surface area contributed by atoms with Crippen LogP contribution in [0.4, 0.5) is 0 Å². The Morgan fingerprint density at radius 2 is 1.87 bits per heavy atom. The highest BCUT2D eigenvalue weighted by molar-refractivity contribution is 5.92. The Labute approximate surface area is 135 Å². The van der Waals surface area contributed by atoms with Crippen LogP contribution in [0.1, 0.15) is 28.9 Å². The van der Waals surface area contributed by atoms with E-state index in [1.54, 1.807) is 36.4 Å². The van der Waals surface area contributed by atoms with Crippen molar-refractivity contribution < 1.29 is 14.6 Å². The third kappa shape index (κ3) is 3.19. The van der Waals surface area contributed by atoms with E-state index in [1.165, 1.54) is 0 Å². The first kappa shape index (κ1) is 15.5. The Morgan fingerprint density at radius 3 is 2.43 bits per heavy atom. The lowest BCUT2D eigenvalue weighted by Crippen LogP contribution is -2.45. The minimum Gasteiger partial charge on any atom is -0.497 e. The third-order valence-corrected chi connectivity index (χ3v) is 4.39. The van der Waals surface area contributed by atoms with Crippen molar-refractivity contribution in [1.29, 1.82) is 0 Å². The number of aromatic nitrogens is 1. The fourth-order valence-corrected chi connectivity index (χ4v) is 2.92. The van der Waals surface area contributed by atoms with Gasteiger partial charge in [0.25, 0.3) is 5.91 Å². The minimum atomic E-state index is -0.896. The van der Waals surface area contributed by atoms with Gasteiger partial charge in [-0.2, -0.15) is 0 Å². The van der Waals surface area contributed by atoms with Crippen molar-refractivity contribution in [1.82, 2.24) is 9.88 Å². The molecule has 1 amide bonds. The first-order chi connectivity index (χ1) is 11.1. The molecule has 23 heavy (non-hydrogen) atoms. The van der Waals surface area contributed by atoms with E-state index in [4.69, 9.17) is 4.74 Å². The number of hydrogen-bond donors (Lipinski definition) is 1. The molecule has 0 aliphatic carbocycles. The van der Waals surface area contributed by atoms with Gasteiger partial charge < -0.3 is 14.7 Å². The molecule has 5 heteroatoms. The second-order valence-corrected chi connectivity index (χ2v) is 5.77. The average molecular weight is 312 g/mol. The maximum atomic E-state index is 12.4. The van der Waals surface area contributed by atoms with E-state index in [0.29, 0.717) is 31.6 Å². The zero-order valence-corrected chi connectivity index (χ0v) is 13.1. The average Bonchev–Trinajstić information content (AvgIpc) is 2.62. The highest BCUT2D eigenvalue weighted by Gasteiger charge is 2.35. The summed E-state index contributed by atoms with van der Waals surface area (Å²) in [4.78, 5) is 18.2. The molecular weight excluding hydrogens is 292 g/mol. The molecule has 0 bridgehead atoms. The molecule has 1 fully saturated rings. The van der Waals surface area contributed by atoms with E-state index in [-0.39, 0.29) is 5.91 Å². The second kappa shape index (κ2) is 6.38. The van der Waals surface area contributed by atoms with E-state index in [1.807, 2.05) is 24.3 Å². The van der Waals surface area contributed by atoms with Crippen LogP contribution >= 0.6 is 0 Å². The van der Waals surface area contributed by atoms with Crippen molar-refractivity contribution in [2.24, 2.45) is 0 Å². The standard InChI is InChI=1S/C18H20N2O3/c1-23-15-7-5-14(6-8-15)18(22)9-12-20(13-10-18)17(21)16-4-2-3-11-19-16/h2-8,11,22H,9-10,12-13H2,1H3. The lowest BCUT2D eigenvalue weighted by atomic mass is 9.84. The van der Waals surface area contributed by atoms with Gasteiger partial charge in [0.15, 0.2) is 0 Å². The normalized spacial score (nSPS) is 16.9. The SMILES string of the molecule is COc1ccc(C2(O)CCN(C(=O)c3ccccn3)CC2)cc1. The van der Waals surface area contributed by atoms with E-state index in [2.05, 4.69) is 4.98 Å². The van der Waals surface area contributed by atoms with Crippen LogP contribution in [0.3, 0.4) is 0 Å². The fourth-order valence-electron chi connectivity index (χ4n) is 2.92. The zero-order valence-electron chi connectivity index (χ0n) is 13.1. The Hall–Kier alpha value is -2.40. The second-order valence-electron chi connectivity index (χ2n) is 5.77. The highest BCUT2D eigenvalue weighted by atomic mass is 16.5. The number of likely N-dealkylation sites (tertiary alicyclic amines) is 1. The molecular formula is C18H20N2O3. The Kier molecular flexibility index (Phi) is 4.30. The topological polar surface area (TPSA) is 62.7 Å². The summed E-state index contributed by atoms with van der Waals surface area (Å²) in [6, 6.07) is 12.8. The van der Waals surface area contributed by atoms with Gasteiger partial charge in [-0.25, -0.2) is 0 Å². The molecule has 1 N–H and O–H groups in total. The number of methoxy groups -OCH3 is 1. The molecule has 2 heterocycles. The molecule has 0 saturated carbocycles. The lowest BCUT2D eigenvalue weighted by molar-refractivity contribution is -0.0212. The summed E-state index contributed by atoms with van der Waals surface area (Å²) in [6.07, 6.45) is 2.64. The van der Waals surface area contributed by atoms with Crippen LogP contribution in [0, 0.1) is 0 Å². The molecule has 120 valence electrons. The van der Waals surface area contributed by atoms with E-state index < -0.39 is 5.60 Å². The number of pyridine rings is 1. The van der Waals surface area contributed by atoms with Gasteiger partial charge in [-0.1, -0.05) is 18.2 Å². The Balaban J connectivity index is 1.68. The molecule has 0 atom stereocenters. The van der Waals surface area contributed by atoms with Gasteiger partial charge in [0.1, 0.15) is 11.4 Å². The van der Waals surface area contributed by atoms with E-state index in [9.17, 15) is 9.90 Å². The first-order valence-electron chi connectivity index (χ1n) is 7.70. The number of rotatable bonds is 3. The van der Waals surface area contributed by atoms with Gasteiger partial charge >= 0.3 is 0 Å². The van der Waals surface area contributed by atoms with Crippen LogP contribution < -0.4 is 4.74 Å². The predicted octanol–water partition coefficient (Wildman–Crippen LogP) is 2.21. The molecule has 1 saturated heterocycles. The summed E-state index contributed by atoms with van der Waals surface area (Å²) < 4.78 is 5.15. The number of ether oxygens (including phenoxy) is 1. The van der Waals surface area contributed by atoms with E-state index >= 15 is 0 Å². The molecule has 1 aliphatic heterocycles. The van der Waals surface area contributed by atoms with Crippen molar-refractivity contribution in [2.45, 2.75) is 18.4 Å². The lowest BCUT2D eigenvalue weighted by Gasteiger charge is -2.38. The molecule has 1 aromatic carbocycles. The van der Waals surface area contributed by atoms with Crippen LogP contribution in [-0.2, 0) is 5.60 Å². The predicted molar refractivity (Wildman–Crippen MR) is 86.3 cm³/mol. The van der Waals surface area contributed by atoms with Crippen molar-refractivity contribution in [3.8, 4) is 5.75 Å². The molecule has 1 aliphatic rings. The van der Waals surface area contributed by atoms with Gasteiger partial charge in [0, 0.05) is 19.3 Å². The Bertz CT molecular complexity index is 662. The molecule has 0 spiro atoms. The van der Waals surface area contributed by atoms with Crippen LogP contribution in [0.15, 0.2) is 48.7 Å². The number of aliphatic hydroxyl groups is 1. The quantitative estimate of drug-likeness (QED) is 0.944. The number of nitrogens with zero attached hydrogens (tertiary/aromatic N) is 2. The van der Waals surface area contributed by atoms with Crippen molar-refractivity contribution >= 4 is 5.91 Å². The maximum absolute atomic E-state index is 12.4.